The van der Waals surface area contributed by atoms with Gasteiger partial charge in [-0.1, -0.05) is 98.8 Å². The predicted octanol–water partition coefficient (Wildman–Crippen LogP) is 6.57. The molecular formula is C20H43N. The van der Waals surface area contributed by atoms with Gasteiger partial charge in [0.1, 0.15) is 0 Å². The molecule has 0 aliphatic carbocycles. The van der Waals surface area contributed by atoms with Crippen molar-refractivity contribution < 1.29 is 0 Å². The summed E-state index contributed by atoms with van der Waals surface area (Å²) in [5, 5.41) is 3.54. The lowest BCUT2D eigenvalue weighted by Crippen LogP contribution is -2.31. The molecule has 0 saturated heterocycles. The van der Waals surface area contributed by atoms with Crippen LogP contribution in [0, 0.1) is 11.3 Å². The van der Waals surface area contributed by atoms with Gasteiger partial charge in [-0.3, -0.25) is 0 Å². The second-order valence-electron chi connectivity index (χ2n) is 7.84. The van der Waals surface area contributed by atoms with Crippen molar-refractivity contribution in [2.24, 2.45) is 11.3 Å². The van der Waals surface area contributed by atoms with Crippen molar-refractivity contribution in [3.63, 3.8) is 0 Å². The fourth-order valence-corrected chi connectivity index (χ4v) is 3.04. The Kier molecular flexibility index (Phi) is 13.6. The minimum absolute atomic E-state index is 0.446. The summed E-state index contributed by atoms with van der Waals surface area (Å²) in [6, 6.07) is 0. The van der Waals surface area contributed by atoms with E-state index in [4.69, 9.17) is 0 Å². The van der Waals surface area contributed by atoms with Crippen molar-refractivity contribution in [1.29, 1.82) is 0 Å². The van der Waals surface area contributed by atoms with E-state index in [0.29, 0.717) is 5.41 Å². The number of hydrogen-bond donors (Lipinski definition) is 1. The average molecular weight is 298 g/mol. The van der Waals surface area contributed by atoms with Crippen LogP contribution in [0.15, 0.2) is 0 Å². The lowest BCUT2D eigenvalue weighted by Gasteiger charge is -2.31. The monoisotopic (exact) mass is 297 g/mol. The van der Waals surface area contributed by atoms with Crippen LogP contribution in [0.3, 0.4) is 0 Å². The number of rotatable bonds is 14. The molecule has 0 radical (unpaired) electrons. The third-order valence-electron chi connectivity index (χ3n) is 4.77. The topological polar surface area (TPSA) is 12.0 Å². The van der Waals surface area contributed by atoms with Crippen molar-refractivity contribution >= 4 is 0 Å². The first kappa shape index (κ1) is 21.0. The zero-order valence-electron chi connectivity index (χ0n) is 15.8. The molecule has 0 aromatic heterocycles. The number of hydrogen-bond acceptors (Lipinski definition) is 1. The lowest BCUT2D eigenvalue weighted by molar-refractivity contribution is 0.214. The molecule has 0 saturated carbocycles. The summed E-state index contributed by atoms with van der Waals surface area (Å²) in [5.74, 6) is 0.825. The third kappa shape index (κ3) is 13.4. The van der Waals surface area contributed by atoms with E-state index in [1.165, 1.54) is 77.2 Å². The standard InChI is InChI=1S/C20H43N/c1-6-8-9-10-11-12-13-14-15-16-17-19(18-21-7-2)20(3,4)5/h19,21H,6-18H2,1-5H3. The zero-order chi connectivity index (χ0) is 16.0. The van der Waals surface area contributed by atoms with E-state index in [-0.39, 0.29) is 0 Å². The summed E-state index contributed by atoms with van der Waals surface area (Å²) in [4.78, 5) is 0. The van der Waals surface area contributed by atoms with E-state index in [0.717, 1.165) is 12.5 Å². The minimum atomic E-state index is 0.446. The van der Waals surface area contributed by atoms with Gasteiger partial charge >= 0.3 is 0 Å². The third-order valence-corrected chi connectivity index (χ3v) is 4.77. The van der Waals surface area contributed by atoms with Crippen molar-refractivity contribution in [2.45, 2.75) is 105 Å². The van der Waals surface area contributed by atoms with Crippen molar-refractivity contribution in [2.75, 3.05) is 13.1 Å². The first-order valence-corrected chi connectivity index (χ1v) is 9.73. The SMILES string of the molecule is CCCCCCCCCCCCC(CNCC)C(C)(C)C. The van der Waals surface area contributed by atoms with Crippen molar-refractivity contribution in [3.05, 3.63) is 0 Å². The van der Waals surface area contributed by atoms with Crippen LogP contribution >= 0.6 is 0 Å². The van der Waals surface area contributed by atoms with Gasteiger partial charge in [-0.25, -0.2) is 0 Å². The smallest absolute Gasteiger partial charge is 0.00156 e. The first-order valence-electron chi connectivity index (χ1n) is 9.73. The molecule has 1 unspecified atom stereocenters. The van der Waals surface area contributed by atoms with Crippen molar-refractivity contribution in [1.82, 2.24) is 5.32 Å². The molecule has 0 aliphatic heterocycles. The predicted molar refractivity (Wildman–Crippen MR) is 97.9 cm³/mol. The molecule has 0 bridgehead atoms. The lowest BCUT2D eigenvalue weighted by atomic mass is 9.77. The van der Waals surface area contributed by atoms with E-state index in [1.54, 1.807) is 0 Å². The van der Waals surface area contributed by atoms with Gasteiger partial charge in [-0.15, -0.1) is 0 Å². The van der Waals surface area contributed by atoms with Gasteiger partial charge in [-0.2, -0.15) is 0 Å². The summed E-state index contributed by atoms with van der Waals surface area (Å²) >= 11 is 0. The molecule has 1 N–H and O–H groups in total. The van der Waals surface area contributed by atoms with Crippen LogP contribution in [0.25, 0.3) is 0 Å². The highest BCUT2D eigenvalue weighted by Gasteiger charge is 2.23. The quantitative estimate of drug-likeness (QED) is 0.357. The maximum Gasteiger partial charge on any atom is -0.00156 e. The highest BCUT2D eigenvalue weighted by Crippen LogP contribution is 2.30. The molecule has 21 heavy (non-hydrogen) atoms. The van der Waals surface area contributed by atoms with E-state index >= 15 is 0 Å². The Morgan fingerprint density at radius 2 is 1.19 bits per heavy atom. The van der Waals surface area contributed by atoms with Crippen LogP contribution in [-0.4, -0.2) is 13.1 Å². The van der Waals surface area contributed by atoms with Crippen LogP contribution in [0.1, 0.15) is 105 Å². The van der Waals surface area contributed by atoms with Crippen LogP contribution < -0.4 is 5.32 Å². The summed E-state index contributed by atoms with van der Waals surface area (Å²) in [5.41, 5.74) is 0.446. The molecule has 128 valence electrons. The molecule has 1 heteroatoms. The molecule has 0 heterocycles. The molecule has 0 aromatic carbocycles. The van der Waals surface area contributed by atoms with Gasteiger partial charge in [0.05, 0.1) is 0 Å². The molecule has 0 fully saturated rings. The highest BCUT2D eigenvalue weighted by molar-refractivity contribution is 4.75. The van der Waals surface area contributed by atoms with Crippen LogP contribution in [0.4, 0.5) is 0 Å². The molecular weight excluding hydrogens is 254 g/mol. The fourth-order valence-electron chi connectivity index (χ4n) is 3.04. The molecule has 1 nitrogen and oxygen atoms in total. The molecule has 0 aliphatic rings. The molecule has 0 rings (SSSR count). The largest absolute Gasteiger partial charge is 0.317 e. The van der Waals surface area contributed by atoms with Gasteiger partial charge in [0.2, 0.25) is 0 Å². The Labute approximate surface area is 135 Å². The fraction of sp³-hybridized carbons (Fsp3) is 1.00. The Hall–Kier alpha value is -0.0400. The number of unbranched alkanes of at least 4 members (excludes halogenated alkanes) is 9. The normalized spacial score (nSPS) is 13.6. The maximum atomic E-state index is 3.54. The van der Waals surface area contributed by atoms with Gasteiger partial charge < -0.3 is 5.32 Å². The summed E-state index contributed by atoms with van der Waals surface area (Å²) in [6.07, 6.45) is 15.8. The summed E-state index contributed by atoms with van der Waals surface area (Å²) in [7, 11) is 0. The molecule has 0 spiro atoms. The number of nitrogens with one attached hydrogen (secondary N) is 1. The first-order chi connectivity index (χ1) is 10.0. The highest BCUT2D eigenvalue weighted by atomic mass is 14.8. The second-order valence-corrected chi connectivity index (χ2v) is 7.84. The second kappa shape index (κ2) is 13.6. The Morgan fingerprint density at radius 1 is 0.714 bits per heavy atom. The van der Waals surface area contributed by atoms with Gasteiger partial charge in [-0.05, 0) is 30.8 Å². The van der Waals surface area contributed by atoms with E-state index in [2.05, 4.69) is 39.9 Å². The van der Waals surface area contributed by atoms with Crippen LogP contribution in [0.5, 0.6) is 0 Å². The Bertz CT molecular complexity index is 204. The van der Waals surface area contributed by atoms with Crippen LogP contribution in [-0.2, 0) is 0 Å². The van der Waals surface area contributed by atoms with Gasteiger partial charge in [0.15, 0.2) is 0 Å². The maximum absolute atomic E-state index is 3.54. The minimum Gasteiger partial charge on any atom is -0.317 e. The van der Waals surface area contributed by atoms with E-state index in [9.17, 15) is 0 Å². The summed E-state index contributed by atoms with van der Waals surface area (Å²) in [6.45, 7) is 14.0. The Morgan fingerprint density at radius 3 is 1.62 bits per heavy atom. The molecule has 0 aromatic rings. The summed E-state index contributed by atoms with van der Waals surface area (Å²) < 4.78 is 0. The van der Waals surface area contributed by atoms with E-state index in [1.807, 2.05) is 0 Å². The molecule has 1 atom stereocenters. The average Bonchev–Trinajstić information content (AvgIpc) is 2.42. The Balaban J connectivity index is 3.49. The van der Waals surface area contributed by atoms with Crippen LogP contribution in [0.2, 0.25) is 0 Å². The van der Waals surface area contributed by atoms with Gasteiger partial charge in [0.25, 0.3) is 0 Å². The van der Waals surface area contributed by atoms with E-state index < -0.39 is 0 Å². The molecule has 0 amide bonds. The van der Waals surface area contributed by atoms with Gasteiger partial charge in [0, 0.05) is 0 Å². The van der Waals surface area contributed by atoms with Crippen molar-refractivity contribution in [3.8, 4) is 0 Å². The zero-order valence-corrected chi connectivity index (χ0v) is 15.8.